The molecule has 52 heavy (non-hydrogen) atoms. The Labute approximate surface area is 303 Å². The molecule has 0 bridgehead atoms. The summed E-state index contributed by atoms with van der Waals surface area (Å²) >= 11 is 0. The lowest BCUT2D eigenvalue weighted by Gasteiger charge is -2.34. The molecule has 3 heterocycles. The molecule has 0 aliphatic heterocycles. The van der Waals surface area contributed by atoms with Crippen LogP contribution in [0.3, 0.4) is 0 Å². The van der Waals surface area contributed by atoms with Gasteiger partial charge in [0, 0.05) is 41.0 Å². The van der Waals surface area contributed by atoms with E-state index < -0.39 is 5.54 Å². The van der Waals surface area contributed by atoms with E-state index in [4.69, 9.17) is 25.1 Å². The van der Waals surface area contributed by atoms with Crippen molar-refractivity contribution in [2.75, 3.05) is 0 Å². The van der Waals surface area contributed by atoms with E-state index in [-0.39, 0.29) is 0 Å². The lowest BCUT2D eigenvalue weighted by molar-refractivity contribution is 0.307. The second kappa shape index (κ2) is 14.2. The summed E-state index contributed by atoms with van der Waals surface area (Å²) in [6.07, 6.45) is 3.57. The number of tetrazole rings is 1. The first-order valence-electron chi connectivity index (χ1n) is 17.3. The van der Waals surface area contributed by atoms with Gasteiger partial charge in [-0.05, 0) is 76.2 Å². The second-order valence-electron chi connectivity index (χ2n) is 12.7. The van der Waals surface area contributed by atoms with E-state index in [0.29, 0.717) is 12.4 Å². The normalized spacial score (nSPS) is 11.3. The van der Waals surface area contributed by atoms with Crippen LogP contribution in [0, 0.1) is 13.8 Å². The van der Waals surface area contributed by atoms with Crippen molar-refractivity contribution < 1.29 is 4.74 Å². The third-order valence-electron chi connectivity index (χ3n) is 9.35. The Bertz CT molecular complexity index is 2320. The van der Waals surface area contributed by atoms with Crippen LogP contribution >= 0.6 is 0 Å². The summed E-state index contributed by atoms with van der Waals surface area (Å²) in [7, 11) is 0. The molecule has 0 amide bonds. The molecule has 0 fully saturated rings. The first-order chi connectivity index (χ1) is 25.6. The number of aromatic nitrogens is 6. The highest BCUT2D eigenvalue weighted by Crippen LogP contribution is 2.41. The fourth-order valence-electron chi connectivity index (χ4n) is 7.02. The summed E-state index contributed by atoms with van der Waals surface area (Å²) in [6.45, 7) is 4.33. The lowest BCUT2D eigenvalue weighted by Crippen LogP contribution is -2.39. The molecule has 0 saturated heterocycles. The van der Waals surface area contributed by atoms with Gasteiger partial charge >= 0.3 is 0 Å². The summed E-state index contributed by atoms with van der Waals surface area (Å²) in [4.78, 5) is 10.7. The average molecular weight is 677 g/mol. The zero-order valence-corrected chi connectivity index (χ0v) is 29.0. The Balaban J connectivity index is 1.25. The van der Waals surface area contributed by atoms with Crippen molar-refractivity contribution in [3.8, 4) is 39.4 Å². The topological polar surface area (TPSA) is 78.6 Å². The first-order valence-corrected chi connectivity index (χ1v) is 17.3. The van der Waals surface area contributed by atoms with Crippen LogP contribution in [-0.2, 0) is 12.1 Å². The van der Waals surface area contributed by atoms with E-state index in [1.165, 1.54) is 0 Å². The molecule has 8 rings (SSSR count). The van der Waals surface area contributed by atoms with Crippen LogP contribution in [0.1, 0.15) is 33.6 Å². The van der Waals surface area contributed by atoms with E-state index in [1.807, 2.05) is 68.4 Å². The van der Waals surface area contributed by atoms with Crippen LogP contribution in [0.25, 0.3) is 33.6 Å². The highest BCUT2D eigenvalue weighted by molar-refractivity contribution is 5.81. The Morgan fingerprint density at radius 2 is 1.17 bits per heavy atom. The van der Waals surface area contributed by atoms with Gasteiger partial charge in [-0.3, -0.25) is 9.97 Å². The summed E-state index contributed by atoms with van der Waals surface area (Å²) in [5.74, 6) is 1.29. The Kier molecular flexibility index (Phi) is 8.90. The van der Waals surface area contributed by atoms with E-state index in [2.05, 4.69) is 108 Å². The molecule has 0 spiro atoms. The molecule has 0 saturated carbocycles. The molecule has 0 aliphatic rings. The van der Waals surface area contributed by atoms with Gasteiger partial charge in [0.15, 0.2) is 5.54 Å². The van der Waals surface area contributed by atoms with Crippen molar-refractivity contribution in [1.82, 2.24) is 30.2 Å². The zero-order chi connectivity index (χ0) is 35.3. The highest BCUT2D eigenvalue weighted by atomic mass is 16.5. The number of hydrogen-bond acceptors (Lipinski definition) is 6. The van der Waals surface area contributed by atoms with Crippen molar-refractivity contribution in [3.05, 3.63) is 204 Å². The van der Waals surface area contributed by atoms with Gasteiger partial charge in [0.25, 0.3) is 0 Å². The van der Waals surface area contributed by atoms with E-state index >= 15 is 0 Å². The molecule has 7 heteroatoms. The lowest BCUT2D eigenvalue weighted by atomic mass is 9.77. The van der Waals surface area contributed by atoms with Gasteiger partial charge in [-0.2, -0.15) is 0 Å². The highest BCUT2D eigenvalue weighted by Gasteiger charge is 2.41. The smallest absolute Gasteiger partial charge is 0.205 e. The number of pyridine rings is 2. The van der Waals surface area contributed by atoms with Gasteiger partial charge in [-0.25, -0.2) is 0 Å². The monoisotopic (exact) mass is 676 g/mol. The van der Waals surface area contributed by atoms with Crippen molar-refractivity contribution >= 4 is 0 Å². The maximum absolute atomic E-state index is 6.59. The third-order valence-corrected chi connectivity index (χ3v) is 9.35. The predicted molar refractivity (Wildman–Crippen MR) is 205 cm³/mol. The summed E-state index contributed by atoms with van der Waals surface area (Å²) in [5, 5.41) is 14.9. The maximum Gasteiger partial charge on any atom is 0.205 e. The molecule has 0 unspecified atom stereocenters. The van der Waals surface area contributed by atoms with Crippen LogP contribution in [0.4, 0.5) is 0 Å². The Hall–Kier alpha value is -6.73. The molecular weight excluding hydrogens is 641 g/mol. The molecule has 5 aromatic carbocycles. The summed E-state index contributed by atoms with van der Waals surface area (Å²) < 4.78 is 6.59. The fraction of sp³-hybridized carbons (Fsp3) is 0.0889. The van der Waals surface area contributed by atoms with Crippen molar-refractivity contribution in [1.29, 1.82) is 0 Å². The van der Waals surface area contributed by atoms with E-state index in [1.54, 1.807) is 17.2 Å². The van der Waals surface area contributed by atoms with Crippen LogP contribution in [0.15, 0.2) is 170 Å². The molecule has 0 atom stereocenters. The summed E-state index contributed by atoms with van der Waals surface area (Å²) in [5.41, 5.74) is 9.84. The van der Waals surface area contributed by atoms with E-state index in [0.717, 1.165) is 67.2 Å². The molecule has 3 aromatic heterocycles. The first kappa shape index (κ1) is 32.5. The van der Waals surface area contributed by atoms with Crippen LogP contribution < -0.4 is 4.74 Å². The second-order valence-corrected chi connectivity index (χ2v) is 12.7. The minimum Gasteiger partial charge on any atom is -0.488 e. The predicted octanol–water partition coefficient (Wildman–Crippen LogP) is 9.50. The fourth-order valence-corrected chi connectivity index (χ4v) is 7.02. The van der Waals surface area contributed by atoms with E-state index in [9.17, 15) is 0 Å². The SMILES string of the molecule is Cc1cc(OCc2ccc(-c3ccccc3)c(-c3nnn(C(c4ccccc4)(c4ccccc4)c4ccccc4)n3)c2)c(-c2ccncc2)c(C)n1. The zero-order valence-electron chi connectivity index (χ0n) is 29.0. The molecule has 252 valence electrons. The average Bonchev–Trinajstić information content (AvgIpc) is 3.69. The molecule has 8 aromatic rings. The molecule has 0 N–H and O–H groups in total. The van der Waals surface area contributed by atoms with Crippen LogP contribution in [0.2, 0.25) is 0 Å². The molecular formula is C45H36N6O. The van der Waals surface area contributed by atoms with Gasteiger partial charge in [0.2, 0.25) is 5.82 Å². The van der Waals surface area contributed by atoms with Gasteiger partial charge < -0.3 is 4.74 Å². The van der Waals surface area contributed by atoms with Gasteiger partial charge in [0.1, 0.15) is 12.4 Å². The quantitative estimate of drug-likeness (QED) is 0.134. The number of aryl methyl sites for hydroxylation is 2. The standard InChI is InChI=1S/C45H36N6O/c1-32-29-42(43(33(2)47-32)36-25-27-46-28-26-36)52-31-34-23-24-40(35-15-7-3-8-16-35)41(30-34)44-48-50-51(49-44)45(37-17-9-4-10-18-37,38-19-11-5-12-20-38)39-21-13-6-14-22-39/h3-30H,31H2,1-2H3. The molecule has 0 radical (unpaired) electrons. The van der Waals surface area contributed by atoms with Gasteiger partial charge in [-0.1, -0.05) is 133 Å². The maximum atomic E-state index is 6.59. The van der Waals surface area contributed by atoms with Crippen molar-refractivity contribution in [3.63, 3.8) is 0 Å². The van der Waals surface area contributed by atoms with Crippen LogP contribution in [0.5, 0.6) is 5.75 Å². The van der Waals surface area contributed by atoms with Gasteiger partial charge in [-0.15, -0.1) is 15.0 Å². The number of benzene rings is 5. The number of ether oxygens (including phenoxy) is 1. The largest absolute Gasteiger partial charge is 0.488 e. The number of rotatable bonds is 10. The van der Waals surface area contributed by atoms with Crippen molar-refractivity contribution in [2.45, 2.75) is 26.0 Å². The molecule has 7 nitrogen and oxygen atoms in total. The number of hydrogen-bond donors (Lipinski definition) is 0. The third kappa shape index (κ3) is 6.13. The minimum absolute atomic E-state index is 0.333. The van der Waals surface area contributed by atoms with Crippen molar-refractivity contribution in [2.24, 2.45) is 0 Å². The Morgan fingerprint density at radius 3 is 1.77 bits per heavy atom. The summed E-state index contributed by atoms with van der Waals surface area (Å²) in [6, 6.07) is 53.7. The Morgan fingerprint density at radius 1 is 0.596 bits per heavy atom. The minimum atomic E-state index is -0.886. The number of nitrogens with zero attached hydrogens (tertiary/aromatic N) is 6. The van der Waals surface area contributed by atoms with Crippen LogP contribution in [-0.4, -0.2) is 30.2 Å². The van der Waals surface area contributed by atoms with Gasteiger partial charge in [0.05, 0.1) is 0 Å². The molecule has 0 aliphatic carbocycles.